The Morgan fingerprint density at radius 3 is 2.78 bits per heavy atom. The van der Waals surface area contributed by atoms with Crippen LogP contribution in [0, 0.1) is 0 Å². The lowest BCUT2D eigenvalue weighted by Crippen LogP contribution is -2.28. The molecule has 0 saturated heterocycles. The first kappa shape index (κ1) is 14.1. The van der Waals surface area contributed by atoms with Gasteiger partial charge in [-0.25, -0.2) is 4.79 Å². The zero-order valence-electron chi connectivity index (χ0n) is 13.0. The number of hydrogen-bond donors (Lipinski definition) is 1. The van der Waals surface area contributed by atoms with Gasteiger partial charge < -0.3 is 15.0 Å². The number of hydrogen-bond acceptors (Lipinski definition) is 3. The molecule has 1 aliphatic heterocycles. The first-order chi connectivity index (χ1) is 11.3. The van der Waals surface area contributed by atoms with Crippen molar-refractivity contribution in [3.63, 3.8) is 0 Å². The molecule has 0 aromatic heterocycles. The first-order valence-corrected chi connectivity index (χ1v) is 8.18. The fourth-order valence-corrected chi connectivity index (χ4v) is 3.01. The highest BCUT2D eigenvalue weighted by Gasteiger charge is 2.25. The number of nitrogens with one attached hydrogen (secondary N) is 1. The second kappa shape index (κ2) is 5.95. The highest BCUT2D eigenvalue weighted by Crippen LogP contribution is 2.32. The number of carbonyl (C=O) groups is 1. The number of benzene rings is 2. The van der Waals surface area contributed by atoms with Crippen LogP contribution < -0.4 is 15.0 Å². The van der Waals surface area contributed by atoms with Crippen LogP contribution in [-0.4, -0.2) is 18.7 Å². The SMILES string of the molecule is O=C(NC1CC1)Oc1ccc2c(c1)CCN2Cc1ccccc1. The van der Waals surface area contributed by atoms with E-state index in [2.05, 4.69) is 40.5 Å². The molecule has 0 spiro atoms. The molecule has 1 aliphatic carbocycles. The summed E-state index contributed by atoms with van der Waals surface area (Å²) < 4.78 is 5.38. The van der Waals surface area contributed by atoms with Crippen molar-refractivity contribution in [1.29, 1.82) is 0 Å². The lowest BCUT2D eigenvalue weighted by atomic mass is 10.1. The van der Waals surface area contributed by atoms with E-state index in [1.165, 1.54) is 16.8 Å². The monoisotopic (exact) mass is 308 g/mol. The van der Waals surface area contributed by atoms with Crippen molar-refractivity contribution in [2.75, 3.05) is 11.4 Å². The summed E-state index contributed by atoms with van der Waals surface area (Å²) in [5.41, 5.74) is 3.80. The van der Waals surface area contributed by atoms with Crippen molar-refractivity contribution in [3.8, 4) is 5.75 Å². The number of ether oxygens (including phenoxy) is 1. The van der Waals surface area contributed by atoms with Gasteiger partial charge in [-0.1, -0.05) is 30.3 Å². The lowest BCUT2D eigenvalue weighted by Gasteiger charge is -2.19. The molecule has 0 unspecified atom stereocenters. The summed E-state index contributed by atoms with van der Waals surface area (Å²) in [7, 11) is 0. The fourth-order valence-electron chi connectivity index (χ4n) is 3.01. The van der Waals surface area contributed by atoms with Gasteiger partial charge in [0.2, 0.25) is 0 Å². The van der Waals surface area contributed by atoms with Crippen LogP contribution in [0.1, 0.15) is 24.0 Å². The Bertz CT molecular complexity index is 711. The summed E-state index contributed by atoms with van der Waals surface area (Å²) in [4.78, 5) is 14.1. The largest absolute Gasteiger partial charge is 0.412 e. The molecule has 2 aliphatic rings. The summed E-state index contributed by atoms with van der Waals surface area (Å²) in [6.45, 7) is 1.91. The predicted molar refractivity (Wildman–Crippen MR) is 89.8 cm³/mol. The number of anilines is 1. The Kier molecular flexibility index (Phi) is 3.66. The maximum absolute atomic E-state index is 11.7. The summed E-state index contributed by atoms with van der Waals surface area (Å²) >= 11 is 0. The molecule has 1 N–H and O–H groups in total. The molecule has 0 radical (unpaired) electrons. The van der Waals surface area contributed by atoms with Crippen molar-refractivity contribution < 1.29 is 9.53 Å². The Labute approximate surface area is 136 Å². The minimum absolute atomic E-state index is 0.318. The Balaban J connectivity index is 1.44. The van der Waals surface area contributed by atoms with Gasteiger partial charge in [-0.3, -0.25) is 0 Å². The Morgan fingerprint density at radius 1 is 1.17 bits per heavy atom. The predicted octanol–water partition coefficient (Wildman–Crippen LogP) is 3.50. The molecule has 0 atom stereocenters. The lowest BCUT2D eigenvalue weighted by molar-refractivity contribution is 0.200. The summed E-state index contributed by atoms with van der Waals surface area (Å²) in [5.74, 6) is 0.628. The summed E-state index contributed by atoms with van der Waals surface area (Å²) in [6, 6.07) is 16.7. The van der Waals surface area contributed by atoms with E-state index in [9.17, 15) is 4.79 Å². The van der Waals surface area contributed by atoms with E-state index >= 15 is 0 Å². The summed E-state index contributed by atoms with van der Waals surface area (Å²) in [6.07, 6.45) is 2.78. The molecule has 1 amide bonds. The number of nitrogens with zero attached hydrogens (tertiary/aromatic N) is 1. The van der Waals surface area contributed by atoms with E-state index in [0.717, 1.165) is 32.4 Å². The number of amides is 1. The molecule has 1 fully saturated rings. The normalized spacial score (nSPS) is 16.1. The molecule has 4 nitrogen and oxygen atoms in total. The zero-order chi connectivity index (χ0) is 15.6. The maximum Gasteiger partial charge on any atom is 0.412 e. The second-order valence-corrected chi connectivity index (χ2v) is 6.26. The van der Waals surface area contributed by atoms with E-state index in [1.54, 1.807) is 0 Å². The van der Waals surface area contributed by atoms with E-state index in [0.29, 0.717) is 11.8 Å². The van der Waals surface area contributed by atoms with Crippen molar-refractivity contribution in [2.24, 2.45) is 0 Å². The third-order valence-corrected chi connectivity index (χ3v) is 4.37. The molecule has 4 rings (SSSR count). The molecule has 4 heteroatoms. The van der Waals surface area contributed by atoms with Crippen LogP contribution in [0.4, 0.5) is 10.5 Å². The molecule has 1 saturated carbocycles. The minimum atomic E-state index is -0.341. The number of fused-ring (bicyclic) bond motifs is 1. The van der Waals surface area contributed by atoms with Crippen LogP contribution in [0.15, 0.2) is 48.5 Å². The van der Waals surface area contributed by atoms with Crippen LogP contribution in [0.2, 0.25) is 0 Å². The Hall–Kier alpha value is -2.49. The van der Waals surface area contributed by atoms with Crippen molar-refractivity contribution in [3.05, 3.63) is 59.7 Å². The van der Waals surface area contributed by atoms with Crippen molar-refractivity contribution in [2.45, 2.75) is 31.8 Å². The maximum atomic E-state index is 11.7. The molecule has 2 aromatic rings. The summed E-state index contributed by atoms with van der Waals surface area (Å²) in [5, 5.41) is 2.84. The van der Waals surface area contributed by atoms with Crippen LogP contribution in [-0.2, 0) is 13.0 Å². The van der Waals surface area contributed by atoms with E-state index in [-0.39, 0.29) is 6.09 Å². The van der Waals surface area contributed by atoms with Gasteiger partial charge in [0, 0.05) is 24.8 Å². The molecule has 118 valence electrons. The number of carbonyl (C=O) groups excluding carboxylic acids is 1. The fraction of sp³-hybridized carbons (Fsp3) is 0.316. The standard InChI is InChI=1S/C19H20N2O2/c22-19(20-16-6-7-16)23-17-8-9-18-15(12-17)10-11-21(18)13-14-4-2-1-3-5-14/h1-5,8-9,12,16H,6-7,10-11,13H2,(H,20,22). The molecule has 2 aromatic carbocycles. The van der Waals surface area contributed by atoms with Gasteiger partial charge >= 0.3 is 6.09 Å². The quantitative estimate of drug-likeness (QED) is 0.940. The van der Waals surface area contributed by atoms with Crippen molar-refractivity contribution >= 4 is 11.8 Å². The van der Waals surface area contributed by atoms with Gasteiger partial charge in [-0.15, -0.1) is 0 Å². The average Bonchev–Trinajstić information content (AvgIpc) is 3.28. The smallest absolute Gasteiger partial charge is 0.410 e. The molecule has 1 heterocycles. The van der Waals surface area contributed by atoms with Gasteiger partial charge in [0.15, 0.2) is 0 Å². The third-order valence-electron chi connectivity index (χ3n) is 4.37. The van der Waals surface area contributed by atoms with Gasteiger partial charge in [0.05, 0.1) is 0 Å². The molecule has 0 bridgehead atoms. The van der Waals surface area contributed by atoms with Gasteiger partial charge in [0.1, 0.15) is 5.75 Å². The topological polar surface area (TPSA) is 41.6 Å². The molecule has 23 heavy (non-hydrogen) atoms. The number of rotatable bonds is 4. The minimum Gasteiger partial charge on any atom is -0.410 e. The second-order valence-electron chi connectivity index (χ2n) is 6.26. The van der Waals surface area contributed by atoms with Crippen LogP contribution in [0.3, 0.4) is 0 Å². The van der Waals surface area contributed by atoms with Gasteiger partial charge in [0.25, 0.3) is 0 Å². The van der Waals surface area contributed by atoms with E-state index in [4.69, 9.17) is 4.74 Å². The van der Waals surface area contributed by atoms with Gasteiger partial charge in [-0.2, -0.15) is 0 Å². The van der Waals surface area contributed by atoms with Crippen LogP contribution in [0.25, 0.3) is 0 Å². The molecular weight excluding hydrogens is 288 g/mol. The zero-order valence-corrected chi connectivity index (χ0v) is 13.0. The Morgan fingerprint density at radius 2 is 2.00 bits per heavy atom. The van der Waals surface area contributed by atoms with Crippen LogP contribution in [0.5, 0.6) is 5.75 Å². The highest BCUT2D eigenvalue weighted by molar-refractivity contribution is 5.72. The highest BCUT2D eigenvalue weighted by atomic mass is 16.6. The third kappa shape index (κ3) is 3.31. The molecular formula is C19H20N2O2. The average molecular weight is 308 g/mol. The van der Waals surface area contributed by atoms with E-state index < -0.39 is 0 Å². The van der Waals surface area contributed by atoms with E-state index in [1.807, 2.05) is 18.2 Å². The van der Waals surface area contributed by atoms with Gasteiger partial charge in [-0.05, 0) is 48.6 Å². The first-order valence-electron chi connectivity index (χ1n) is 8.18. The van der Waals surface area contributed by atoms with Crippen molar-refractivity contribution in [1.82, 2.24) is 5.32 Å². The van der Waals surface area contributed by atoms with Crippen LogP contribution >= 0.6 is 0 Å².